The predicted octanol–water partition coefficient (Wildman–Crippen LogP) is 1.99. The summed E-state index contributed by atoms with van der Waals surface area (Å²) in [7, 11) is -3.44. The van der Waals surface area contributed by atoms with Crippen molar-refractivity contribution in [3.63, 3.8) is 0 Å². The van der Waals surface area contributed by atoms with Crippen molar-refractivity contribution in [2.24, 2.45) is 0 Å². The minimum Gasteiger partial charge on any atom is -0.333 e. The summed E-state index contributed by atoms with van der Waals surface area (Å²) in [5, 5.41) is 1.99. The van der Waals surface area contributed by atoms with E-state index in [2.05, 4.69) is 0 Å². The number of sulfonamides is 1. The molecule has 7 heteroatoms. The summed E-state index contributed by atoms with van der Waals surface area (Å²) in [4.78, 5) is 14.7. The lowest BCUT2D eigenvalue weighted by molar-refractivity contribution is -0.683. The molecule has 1 aromatic rings. The Bertz CT molecular complexity index is 688. The first-order valence-corrected chi connectivity index (χ1v) is 11.2. The van der Waals surface area contributed by atoms with Crippen molar-refractivity contribution in [2.45, 2.75) is 71.5 Å². The quantitative estimate of drug-likeness (QED) is 0.655. The molecule has 0 aliphatic heterocycles. The largest absolute Gasteiger partial charge is 0.333 e. The van der Waals surface area contributed by atoms with Crippen LogP contribution in [0.4, 0.5) is 0 Å². The third-order valence-electron chi connectivity index (χ3n) is 4.80. The smallest absolute Gasteiger partial charge is 0.278 e. The van der Waals surface area contributed by atoms with Crippen LogP contribution < -0.4 is 5.32 Å². The summed E-state index contributed by atoms with van der Waals surface area (Å²) in [6, 6.07) is 7.40. The molecule has 0 saturated carbocycles. The molecule has 0 spiro atoms. The van der Waals surface area contributed by atoms with Crippen LogP contribution >= 0.6 is 0 Å². The Balaban J connectivity index is 2.80. The molecular formula is C20H36N3O3S+. The minimum absolute atomic E-state index is 0.0698. The lowest BCUT2D eigenvalue weighted by Gasteiger charge is -2.30. The molecule has 0 aromatic heterocycles. The number of rotatable bonds is 10. The number of quaternary nitrogens is 1. The SMILES string of the molecule is CCN(CC)S(=O)(=O)c1ccc([C@H](C)[NH2+]CC(=O)N(C(C)C)C(C)C)cc1. The average molecular weight is 399 g/mol. The Kier molecular flexibility index (Phi) is 8.91. The van der Waals surface area contributed by atoms with Crippen molar-refractivity contribution in [1.29, 1.82) is 0 Å². The summed E-state index contributed by atoms with van der Waals surface area (Å²) < 4.78 is 26.6. The molecule has 6 nitrogen and oxygen atoms in total. The zero-order valence-electron chi connectivity index (χ0n) is 17.8. The van der Waals surface area contributed by atoms with Crippen LogP contribution in [0.25, 0.3) is 0 Å². The van der Waals surface area contributed by atoms with Crippen molar-refractivity contribution < 1.29 is 18.5 Å². The molecule has 0 aliphatic rings. The molecule has 1 rings (SSSR count). The van der Waals surface area contributed by atoms with E-state index >= 15 is 0 Å². The zero-order valence-corrected chi connectivity index (χ0v) is 18.6. The van der Waals surface area contributed by atoms with Gasteiger partial charge in [-0.15, -0.1) is 0 Å². The number of carbonyl (C=O) groups excluding carboxylic acids is 1. The van der Waals surface area contributed by atoms with Crippen LogP contribution in [0.15, 0.2) is 29.2 Å². The molecular weight excluding hydrogens is 362 g/mol. The van der Waals surface area contributed by atoms with Crippen LogP contribution in [0.2, 0.25) is 0 Å². The maximum atomic E-state index is 12.6. The van der Waals surface area contributed by atoms with Gasteiger partial charge in [-0.05, 0) is 46.8 Å². The standard InChI is InChI=1S/C20H35N3O3S/c1-8-22(9-2)27(25,26)19-12-10-18(11-13-19)17(7)21-14-20(24)23(15(3)4)16(5)6/h10-13,15-17,21H,8-9,14H2,1-7H3/p+1/t17-/m0/s1. The fourth-order valence-corrected chi connectivity index (χ4v) is 4.81. The number of amides is 1. The molecule has 1 atom stereocenters. The Morgan fingerprint density at radius 3 is 1.85 bits per heavy atom. The molecule has 1 aromatic carbocycles. The Morgan fingerprint density at radius 1 is 0.963 bits per heavy atom. The van der Waals surface area contributed by atoms with Gasteiger partial charge in [0.1, 0.15) is 6.04 Å². The molecule has 0 radical (unpaired) electrons. The molecule has 0 unspecified atom stereocenters. The highest BCUT2D eigenvalue weighted by Crippen LogP contribution is 2.18. The lowest BCUT2D eigenvalue weighted by atomic mass is 10.1. The van der Waals surface area contributed by atoms with Gasteiger partial charge in [-0.25, -0.2) is 8.42 Å². The fraction of sp³-hybridized carbons (Fsp3) is 0.650. The molecule has 27 heavy (non-hydrogen) atoms. The van der Waals surface area contributed by atoms with Crippen LogP contribution in [0.1, 0.15) is 60.1 Å². The highest BCUT2D eigenvalue weighted by molar-refractivity contribution is 7.89. The number of hydrogen-bond donors (Lipinski definition) is 1. The lowest BCUT2D eigenvalue weighted by Crippen LogP contribution is -2.87. The highest BCUT2D eigenvalue weighted by Gasteiger charge is 2.24. The van der Waals surface area contributed by atoms with Gasteiger partial charge in [-0.3, -0.25) is 4.79 Å². The number of nitrogens with two attached hydrogens (primary N) is 1. The first-order chi connectivity index (χ1) is 12.6. The van der Waals surface area contributed by atoms with Crippen LogP contribution in [0.5, 0.6) is 0 Å². The van der Waals surface area contributed by atoms with E-state index in [9.17, 15) is 13.2 Å². The van der Waals surface area contributed by atoms with Gasteiger partial charge in [0.25, 0.3) is 5.91 Å². The van der Waals surface area contributed by atoms with Crippen molar-refractivity contribution in [3.8, 4) is 0 Å². The van der Waals surface area contributed by atoms with E-state index in [1.54, 1.807) is 12.1 Å². The summed E-state index contributed by atoms with van der Waals surface area (Å²) in [5.74, 6) is 0.118. The molecule has 1 amide bonds. The van der Waals surface area contributed by atoms with E-state index in [4.69, 9.17) is 0 Å². The van der Waals surface area contributed by atoms with Crippen molar-refractivity contribution in [1.82, 2.24) is 9.21 Å². The Morgan fingerprint density at radius 2 is 1.44 bits per heavy atom. The topological polar surface area (TPSA) is 74.3 Å². The monoisotopic (exact) mass is 398 g/mol. The van der Waals surface area contributed by atoms with E-state index < -0.39 is 10.0 Å². The number of hydrogen-bond acceptors (Lipinski definition) is 3. The van der Waals surface area contributed by atoms with Gasteiger partial charge in [0.05, 0.1) is 4.90 Å². The van der Waals surface area contributed by atoms with Crippen LogP contribution in [-0.2, 0) is 14.8 Å². The van der Waals surface area contributed by atoms with Gasteiger partial charge < -0.3 is 10.2 Å². The molecule has 154 valence electrons. The third kappa shape index (κ3) is 6.02. The zero-order chi connectivity index (χ0) is 20.8. The summed E-state index contributed by atoms with van der Waals surface area (Å²) in [5.41, 5.74) is 1.00. The van der Waals surface area contributed by atoms with Crippen LogP contribution in [0.3, 0.4) is 0 Å². The first-order valence-electron chi connectivity index (χ1n) is 9.80. The number of benzene rings is 1. The molecule has 2 N–H and O–H groups in total. The van der Waals surface area contributed by atoms with Gasteiger partial charge in [-0.2, -0.15) is 4.31 Å². The van der Waals surface area contributed by atoms with Crippen molar-refractivity contribution >= 4 is 15.9 Å². The molecule has 0 saturated heterocycles. The van der Waals surface area contributed by atoms with Gasteiger partial charge in [0.2, 0.25) is 10.0 Å². The third-order valence-corrected chi connectivity index (χ3v) is 6.86. The van der Waals surface area contributed by atoms with Crippen LogP contribution in [0, 0.1) is 0 Å². The summed E-state index contributed by atoms with van der Waals surface area (Å²) in [6.45, 7) is 15.1. The summed E-state index contributed by atoms with van der Waals surface area (Å²) in [6.07, 6.45) is 0. The van der Waals surface area contributed by atoms with E-state index in [1.807, 2.05) is 70.8 Å². The summed E-state index contributed by atoms with van der Waals surface area (Å²) >= 11 is 0. The second-order valence-corrected chi connectivity index (χ2v) is 9.31. The second-order valence-electron chi connectivity index (χ2n) is 7.38. The Labute approximate surface area is 165 Å². The van der Waals surface area contributed by atoms with Crippen LogP contribution in [-0.4, -0.2) is 55.2 Å². The maximum Gasteiger partial charge on any atom is 0.278 e. The van der Waals surface area contributed by atoms with Gasteiger partial charge in [0.15, 0.2) is 6.54 Å². The predicted molar refractivity (Wildman–Crippen MR) is 109 cm³/mol. The second kappa shape index (κ2) is 10.2. The normalized spacial score (nSPS) is 13.4. The minimum atomic E-state index is -3.44. The van der Waals surface area contributed by atoms with E-state index in [1.165, 1.54) is 4.31 Å². The average Bonchev–Trinajstić information content (AvgIpc) is 2.60. The van der Waals surface area contributed by atoms with Gasteiger partial charge in [0, 0.05) is 30.7 Å². The number of carbonyl (C=O) groups is 1. The molecule has 0 aliphatic carbocycles. The number of nitrogens with zero attached hydrogens (tertiary/aromatic N) is 2. The highest BCUT2D eigenvalue weighted by atomic mass is 32.2. The maximum absolute atomic E-state index is 12.6. The first kappa shape index (κ1) is 23.6. The van der Waals surface area contributed by atoms with E-state index in [0.29, 0.717) is 24.5 Å². The Hall–Kier alpha value is -1.44. The van der Waals surface area contributed by atoms with E-state index in [0.717, 1.165) is 5.56 Å². The molecule has 0 fully saturated rings. The molecule has 0 heterocycles. The molecule has 0 bridgehead atoms. The van der Waals surface area contributed by atoms with Gasteiger partial charge in [-0.1, -0.05) is 26.0 Å². The fourth-order valence-electron chi connectivity index (χ4n) is 3.35. The van der Waals surface area contributed by atoms with Crippen molar-refractivity contribution in [3.05, 3.63) is 29.8 Å². The van der Waals surface area contributed by atoms with Gasteiger partial charge >= 0.3 is 0 Å². The van der Waals surface area contributed by atoms with Crippen molar-refractivity contribution in [2.75, 3.05) is 19.6 Å². The van der Waals surface area contributed by atoms with E-state index in [-0.39, 0.29) is 24.0 Å².